The third kappa shape index (κ3) is 2.59. The van der Waals surface area contributed by atoms with Gasteiger partial charge in [-0.05, 0) is 30.2 Å². The van der Waals surface area contributed by atoms with Gasteiger partial charge < -0.3 is 25.3 Å². The average molecular weight is 421 g/mol. The molecule has 9 heteroatoms. The van der Waals surface area contributed by atoms with E-state index < -0.39 is 17.5 Å². The second-order valence-corrected chi connectivity index (χ2v) is 7.88. The monoisotopic (exact) mass is 421 g/mol. The van der Waals surface area contributed by atoms with Crippen molar-refractivity contribution in [1.82, 2.24) is 9.55 Å². The summed E-state index contributed by atoms with van der Waals surface area (Å²) < 4.78 is 6.60. The van der Waals surface area contributed by atoms with Crippen molar-refractivity contribution in [2.45, 2.75) is 38.5 Å². The zero-order valence-electron chi connectivity index (χ0n) is 16.6. The fraction of sp³-hybridized carbons (Fsp3) is 0.273. The van der Waals surface area contributed by atoms with E-state index in [0.29, 0.717) is 33.5 Å². The van der Waals surface area contributed by atoms with E-state index in [1.807, 2.05) is 6.07 Å². The van der Waals surface area contributed by atoms with E-state index in [0.717, 1.165) is 5.56 Å². The molecule has 0 saturated carbocycles. The molecule has 0 amide bonds. The van der Waals surface area contributed by atoms with Crippen LogP contribution >= 0.6 is 0 Å². The van der Waals surface area contributed by atoms with Gasteiger partial charge in [-0.1, -0.05) is 13.0 Å². The van der Waals surface area contributed by atoms with Gasteiger partial charge in [-0.25, -0.2) is 9.78 Å². The van der Waals surface area contributed by atoms with E-state index in [-0.39, 0.29) is 42.7 Å². The maximum absolute atomic E-state index is 13.2. The highest BCUT2D eigenvalue weighted by Crippen LogP contribution is 2.39. The van der Waals surface area contributed by atoms with Crippen LogP contribution < -0.4 is 11.3 Å². The molecule has 0 spiro atoms. The Morgan fingerprint density at radius 1 is 1.32 bits per heavy atom. The summed E-state index contributed by atoms with van der Waals surface area (Å²) in [7, 11) is 0. The molecule has 158 valence electrons. The van der Waals surface area contributed by atoms with E-state index in [4.69, 9.17) is 15.5 Å². The SMILES string of the molecule is CCC1(O)C(=O)OCc2c1cc1n(c2=O)Cc2cc3c(N)ccc(CC(=O)O)c3nc2-1. The molecule has 0 bridgehead atoms. The van der Waals surface area contributed by atoms with Crippen LogP contribution in [0.1, 0.15) is 35.6 Å². The predicted octanol–water partition coefficient (Wildman–Crippen LogP) is 1.29. The number of aliphatic hydroxyl groups is 1. The lowest BCUT2D eigenvalue weighted by Gasteiger charge is -2.31. The first-order chi connectivity index (χ1) is 14.7. The number of anilines is 1. The Balaban J connectivity index is 1.79. The number of esters is 1. The van der Waals surface area contributed by atoms with Crippen molar-refractivity contribution in [3.8, 4) is 11.4 Å². The number of carbonyl (C=O) groups excluding carboxylic acids is 1. The minimum absolute atomic E-state index is 0.0546. The van der Waals surface area contributed by atoms with Crippen molar-refractivity contribution in [2.75, 3.05) is 5.73 Å². The summed E-state index contributed by atoms with van der Waals surface area (Å²) in [5.41, 5.74) is 7.46. The number of ether oxygens (including phenoxy) is 1. The fourth-order valence-corrected chi connectivity index (χ4v) is 4.45. The van der Waals surface area contributed by atoms with Gasteiger partial charge in [0, 0.05) is 22.2 Å². The van der Waals surface area contributed by atoms with Crippen LogP contribution in [0.5, 0.6) is 0 Å². The highest BCUT2D eigenvalue weighted by Gasteiger charge is 2.45. The molecule has 2 aliphatic heterocycles. The van der Waals surface area contributed by atoms with Crippen molar-refractivity contribution >= 4 is 28.5 Å². The summed E-state index contributed by atoms with van der Waals surface area (Å²) in [6, 6.07) is 6.71. The molecule has 1 aromatic carbocycles. The Kier molecular flexibility index (Phi) is 3.97. The molecule has 4 N–H and O–H groups in total. The highest BCUT2D eigenvalue weighted by atomic mass is 16.6. The lowest BCUT2D eigenvalue weighted by Crippen LogP contribution is -2.44. The van der Waals surface area contributed by atoms with Crippen LogP contribution in [-0.2, 0) is 39.5 Å². The number of rotatable bonds is 3. The maximum atomic E-state index is 13.2. The molecule has 9 nitrogen and oxygen atoms in total. The number of hydrogen-bond acceptors (Lipinski definition) is 7. The summed E-state index contributed by atoms with van der Waals surface area (Å²) in [6.45, 7) is 1.69. The molecule has 4 heterocycles. The number of hydrogen-bond donors (Lipinski definition) is 3. The number of carboxylic acid groups (broad SMARTS) is 1. The van der Waals surface area contributed by atoms with Crippen molar-refractivity contribution in [3.63, 3.8) is 0 Å². The van der Waals surface area contributed by atoms with Crippen LogP contribution in [0.2, 0.25) is 0 Å². The van der Waals surface area contributed by atoms with Gasteiger partial charge in [-0.15, -0.1) is 0 Å². The highest BCUT2D eigenvalue weighted by molar-refractivity contribution is 5.96. The normalized spacial score (nSPS) is 19.0. The molecule has 5 rings (SSSR count). The molecule has 1 unspecified atom stereocenters. The number of nitrogen functional groups attached to an aromatic ring is 1. The summed E-state index contributed by atoms with van der Waals surface area (Å²) >= 11 is 0. The smallest absolute Gasteiger partial charge is 0.343 e. The first-order valence-electron chi connectivity index (χ1n) is 9.84. The number of carboxylic acids is 1. The van der Waals surface area contributed by atoms with E-state index in [2.05, 4.69) is 0 Å². The van der Waals surface area contributed by atoms with E-state index in [9.17, 15) is 24.6 Å². The van der Waals surface area contributed by atoms with Crippen LogP contribution in [0.4, 0.5) is 5.69 Å². The Morgan fingerprint density at radius 3 is 2.81 bits per heavy atom. The molecule has 3 aromatic rings. The first-order valence-corrected chi connectivity index (χ1v) is 9.84. The van der Waals surface area contributed by atoms with E-state index in [1.54, 1.807) is 25.1 Å². The number of fused-ring (bicyclic) bond motifs is 5. The number of pyridine rings is 2. The van der Waals surface area contributed by atoms with Gasteiger partial charge in [-0.2, -0.15) is 0 Å². The van der Waals surface area contributed by atoms with Crippen LogP contribution in [0.25, 0.3) is 22.3 Å². The zero-order valence-corrected chi connectivity index (χ0v) is 16.6. The number of cyclic esters (lactones) is 1. The molecule has 2 aliphatic rings. The van der Waals surface area contributed by atoms with Gasteiger partial charge >= 0.3 is 11.9 Å². The number of benzene rings is 1. The van der Waals surface area contributed by atoms with Crippen LogP contribution in [0.15, 0.2) is 29.1 Å². The number of nitrogens with two attached hydrogens (primary N) is 1. The standard InChI is InChI=1S/C22H19N3O6/c1-2-22(30)14-7-16-19-11(8-25(16)20(28)13(14)9-31-21(22)29)5-12-15(23)4-3-10(6-17(26)27)18(12)24-19/h3-5,7,30H,2,6,8-9,23H2,1H3,(H,26,27). The van der Waals surface area contributed by atoms with Crippen LogP contribution in [0.3, 0.4) is 0 Å². The largest absolute Gasteiger partial charge is 0.481 e. The molecule has 2 aromatic heterocycles. The van der Waals surface area contributed by atoms with E-state index >= 15 is 0 Å². The van der Waals surface area contributed by atoms with Gasteiger partial charge in [0.05, 0.1) is 35.4 Å². The Morgan fingerprint density at radius 2 is 2.10 bits per heavy atom. The lowest BCUT2D eigenvalue weighted by molar-refractivity contribution is -0.172. The second-order valence-electron chi connectivity index (χ2n) is 7.88. The number of aromatic nitrogens is 2. The van der Waals surface area contributed by atoms with Crippen molar-refractivity contribution in [1.29, 1.82) is 0 Å². The third-order valence-corrected chi connectivity index (χ3v) is 6.14. The van der Waals surface area contributed by atoms with Gasteiger partial charge in [0.15, 0.2) is 5.60 Å². The zero-order chi connectivity index (χ0) is 22.1. The Labute approximate surface area is 175 Å². The van der Waals surface area contributed by atoms with E-state index in [1.165, 1.54) is 4.57 Å². The molecular weight excluding hydrogens is 402 g/mol. The number of aliphatic carboxylic acids is 1. The third-order valence-electron chi connectivity index (χ3n) is 6.14. The number of nitrogens with zero attached hydrogens (tertiary/aromatic N) is 2. The summed E-state index contributed by atoms with van der Waals surface area (Å²) in [5, 5.41) is 20.8. The molecular formula is C22H19N3O6. The Bertz CT molecular complexity index is 1380. The van der Waals surface area contributed by atoms with Crippen LogP contribution in [-0.4, -0.2) is 31.7 Å². The molecule has 0 saturated heterocycles. The van der Waals surface area contributed by atoms with Crippen molar-refractivity contribution in [3.05, 3.63) is 56.9 Å². The van der Waals surface area contributed by atoms with Gasteiger partial charge in [0.25, 0.3) is 5.56 Å². The molecule has 0 fully saturated rings. The minimum atomic E-state index is -1.90. The first kappa shape index (κ1) is 19.3. The minimum Gasteiger partial charge on any atom is -0.481 e. The molecule has 1 atom stereocenters. The van der Waals surface area contributed by atoms with Crippen molar-refractivity contribution in [2.24, 2.45) is 0 Å². The summed E-state index contributed by atoms with van der Waals surface area (Å²) in [6.07, 6.45) is -0.167. The Hall–Kier alpha value is -3.72. The quantitative estimate of drug-likeness (QED) is 0.331. The topological polar surface area (TPSA) is 145 Å². The molecule has 0 radical (unpaired) electrons. The maximum Gasteiger partial charge on any atom is 0.343 e. The average Bonchev–Trinajstić information content (AvgIpc) is 3.10. The predicted molar refractivity (Wildman–Crippen MR) is 110 cm³/mol. The molecule has 0 aliphatic carbocycles. The molecule has 31 heavy (non-hydrogen) atoms. The second kappa shape index (κ2) is 6.39. The van der Waals surface area contributed by atoms with Gasteiger partial charge in [0.2, 0.25) is 0 Å². The summed E-state index contributed by atoms with van der Waals surface area (Å²) in [5.74, 6) is -1.78. The lowest BCUT2D eigenvalue weighted by atomic mass is 9.86. The summed E-state index contributed by atoms with van der Waals surface area (Å²) in [4.78, 5) is 41.4. The fourth-order valence-electron chi connectivity index (χ4n) is 4.45. The number of carbonyl (C=O) groups is 2. The van der Waals surface area contributed by atoms with Gasteiger partial charge in [-0.3, -0.25) is 9.59 Å². The van der Waals surface area contributed by atoms with Gasteiger partial charge in [0.1, 0.15) is 6.61 Å². The van der Waals surface area contributed by atoms with Crippen LogP contribution in [0, 0.1) is 0 Å². The van der Waals surface area contributed by atoms with Crippen molar-refractivity contribution < 1.29 is 24.5 Å².